The lowest BCUT2D eigenvalue weighted by molar-refractivity contribution is -0.143. The van der Waals surface area contributed by atoms with Crippen LogP contribution in [0.25, 0.3) is 0 Å². The zero-order valence-electron chi connectivity index (χ0n) is 21.8. The van der Waals surface area contributed by atoms with E-state index in [0.29, 0.717) is 17.2 Å². The van der Waals surface area contributed by atoms with Gasteiger partial charge in [0, 0.05) is 18.7 Å². The van der Waals surface area contributed by atoms with E-state index < -0.39 is 22.9 Å². The predicted octanol–water partition coefficient (Wildman–Crippen LogP) is 6.04. The number of benzene rings is 3. The molecule has 0 saturated heterocycles. The summed E-state index contributed by atoms with van der Waals surface area (Å²) in [7, 11) is 3.22. The minimum absolute atomic E-state index is 0.137. The number of ether oxygens (including phenoxy) is 2. The van der Waals surface area contributed by atoms with Gasteiger partial charge in [0.1, 0.15) is 11.5 Å². The maximum atomic E-state index is 13.9. The average molecular weight is 506 g/mol. The Bertz CT molecular complexity index is 1340. The summed E-state index contributed by atoms with van der Waals surface area (Å²) in [4.78, 5) is 27.0. The third kappa shape index (κ3) is 5.61. The van der Waals surface area contributed by atoms with Crippen molar-refractivity contribution >= 4 is 17.6 Å². The monoisotopic (exact) mass is 505 g/mol. The molecule has 1 N–H and O–H groups in total. The minimum Gasteiger partial charge on any atom is -0.505 e. The molecule has 0 radical (unpaired) electrons. The van der Waals surface area contributed by atoms with Crippen molar-refractivity contribution in [2.75, 3.05) is 19.1 Å². The number of hydrogen-bond acceptors (Lipinski definition) is 5. The van der Waals surface area contributed by atoms with E-state index in [2.05, 4.69) is 0 Å². The summed E-state index contributed by atoms with van der Waals surface area (Å²) in [5.41, 5.74) is 3.54. The molecule has 3 aromatic rings. The lowest BCUT2D eigenvalue weighted by Crippen LogP contribution is -2.28. The van der Waals surface area contributed by atoms with Crippen LogP contribution in [0.15, 0.2) is 54.6 Å². The van der Waals surface area contributed by atoms with E-state index in [-0.39, 0.29) is 17.5 Å². The molecule has 1 aliphatic carbocycles. The number of amides is 1. The van der Waals surface area contributed by atoms with Crippen molar-refractivity contribution in [1.82, 2.24) is 0 Å². The fourth-order valence-corrected chi connectivity index (χ4v) is 4.55. The van der Waals surface area contributed by atoms with Crippen molar-refractivity contribution in [3.63, 3.8) is 0 Å². The molecule has 0 aliphatic heterocycles. The molecule has 37 heavy (non-hydrogen) atoms. The molecule has 4 rings (SSSR count). The van der Waals surface area contributed by atoms with Gasteiger partial charge in [0.15, 0.2) is 11.6 Å². The number of halogens is 1. The molecule has 0 spiro atoms. The summed E-state index contributed by atoms with van der Waals surface area (Å²) in [6.07, 6.45) is 2.41. The van der Waals surface area contributed by atoms with E-state index in [1.54, 1.807) is 14.2 Å². The number of aromatic hydroxyl groups is 1. The molecule has 7 heteroatoms. The van der Waals surface area contributed by atoms with E-state index in [4.69, 9.17) is 9.47 Å². The van der Waals surface area contributed by atoms with Gasteiger partial charge in [-0.3, -0.25) is 9.59 Å². The Kier molecular flexibility index (Phi) is 7.25. The summed E-state index contributed by atoms with van der Waals surface area (Å²) < 4.78 is 24.9. The van der Waals surface area contributed by atoms with Gasteiger partial charge in [-0.15, -0.1) is 0 Å². The molecule has 0 fully saturated rings. The highest BCUT2D eigenvalue weighted by atomic mass is 19.1. The number of anilines is 1. The van der Waals surface area contributed by atoms with E-state index in [1.165, 1.54) is 22.6 Å². The molecule has 1 amide bonds. The Morgan fingerprint density at radius 2 is 1.73 bits per heavy atom. The number of phenolic OH excluding ortho intramolecular Hbond substituents is 1. The van der Waals surface area contributed by atoms with Crippen LogP contribution in [0.5, 0.6) is 17.2 Å². The molecular weight excluding hydrogens is 473 g/mol. The number of carbonyl (C=O) groups is 2. The van der Waals surface area contributed by atoms with Crippen LogP contribution in [0, 0.1) is 11.2 Å². The third-order valence-corrected chi connectivity index (χ3v) is 6.77. The first-order chi connectivity index (χ1) is 17.5. The van der Waals surface area contributed by atoms with Crippen molar-refractivity contribution in [3.05, 3.63) is 82.7 Å². The van der Waals surface area contributed by atoms with Gasteiger partial charge in [-0.05, 0) is 99.0 Å². The van der Waals surface area contributed by atoms with Gasteiger partial charge < -0.3 is 19.5 Å². The molecule has 1 atom stereocenters. The molecule has 0 aromatic heterocycles. The first kappa shape index (κ1) is 26.2. The van der Waals surface area contributed by atoms with Crippen molar-refractivity contribution in [1.29, 1.82) is 0 Å². The Morgan fingerprint density at radius 3 is 2.41 bits per heavy atom. The van der Waals surface area contributed by atoms with Gasteiger partial charge in [-0.1, -0.05) is 12.1 Å². The number of aryl methyl sites for hydroxylation is 1. The summed E-state index contributed by atoms with van der Waals surface area (Å²) in [6, 6.07) is 15.1. The first-order valence-electron chi connectivity index (χ1n) is 12.3. The normalized spacial score (nSPS) is 15.0. The second-order valence-electron chi connectivity index (χ2n) is 10.5. The van der Waals surface area contributed by atoms with Gasteiger partial charge in [0.25, 0.3) is 5.91 Å². The van der Waals surface area contributed by atoms with E-state index in [9.17, 15) is 19.1 Å². The molecule has 1 unspecified atom stereocenters. The van der Waals surface area contributed by atoms with Gasteiger partial charge in [-0.25, -0.2) is 4.39 Å². The number of hydrogen-bond donors (Lipinski definition) is 1. The Hall–Kier alpha value is -3.87. The first-order valence-corrected chi connectivity index (χ1v) is 12.3. The largest absolute Gasteiger partial charge is 0.505 e. The Balaban J connectivity index is 1.61. The van der Waals surface area contributed by atoms with Crippen LogP contribution in [-0.4, -0.2) is 31.1 Å². The molecule has 0 heterocycles. The van der Waals surface area contributed by atoms with Crippen LogP contribution in [0.1, 0.15) is 60.2 Å². The maximum Gasteiger partial charge on any atom is 0.316 e. The second kappa shape index (κ2) is 10.2. The Morgan fingerprint density at radius 1 is 1.00 bits per heavy atom. The number of methoxy groups -OCH3 is 1. The zero-order valence-corrected chi connectivity index (χ0v) is 21.8. The van der Waals surface area contributed by atoms with Crippen molar-refractivity contribution in [2.24, 2.45) is 5.41 Å². The topological polar surface area (TPSA) is 76.1 Å². The summed E-state index contributed by atoms with van der Waals surface area (Å²) >= 11 is 0. The molecular formula is C30H32FNO5. The molecule has 0 saturated carbocycles. The second-order valence-corrected chi connectivity index (χ2v) is 10.5. The average Bonchev–Trinajstić information content (AvgIpc) is 2.88. The smallest absolute Gasteiger partial charge is 0.316 e. The molecule has 3 aromatic carbocycles. The van der Waals surface area contributed by atoms with Crippen LogP contribution in [0.3, 0.4) is 0 Å². The van der Waals surface area contributed by atoms with Gasteiger partial charge in [0.05, 0.1) is 18.2 Å². The fourth-order valence-electron chi connectivity index (χ4n) is 4.55. The maximum absolute atomic E-state index is 13.9. The highest BCUT2D eigenvalue weighted by Crippen LogP contribution is 2.40. The highest BCUT2D eigenvalue weighted by molar-refractivity contribution is 6.06. The molecule has 0 bridgehead atoms. The quantitative estimate of drug-likeness (QED) is 0.338. The van der Waals surface area contributed by atoms with E-state index >= 15 is 0 Å². The van der Waals surface area contributed by atoms with Crippen LogP contribution in [0.4, 0.5) is 10.1 Å². The summed E-state index contributed by atoms with van der Waals surface area (Å²) in [6.45, 7) is 5.47. The zero-order chi connectivity index (χ0) is 26.9. The van der Waals surface area contributed by atoms with Gasteiger partial charge >= 0.3 is 5.97 Å². The fraction of sp³-hybridized carbons (Fsp3) is 0.333. The lowest BCUT2D eigenvalue weighted by atomic mass is 9.79. The number of esters is 1. The predicted molar refractivity (Wildman–Crippen MR) is 140 cm³/mol. The summed E-state index contributed by atoms with van der Waals surface area (Å²) in [5, 5.41) is 9.50. The van der Waals surface area contributed by atoms with Gasteiger partial charge in [0.2, 0.25) is 0 Å². The van der Waals surface area contributed by atoms with Crippen molar-refractivity contribution in [3.8, 4) is 17.2 Å². The Labute approximate surface area is 216 Å². The van der Waals surface area contributed by atoms with Crippen LogP contribution >= 0.6 is 0 Å². The number of rotatable bonds is 5. The summed E-state index contributed by atoms with van der Waals surface area (Å²) in [5.74, 6) is -0.714. The highest BCUT2D eigenvalue weighted by Gasteiger charge is 2.28. The molecule has 6 nitrogen and oxygen atoms in total. The van der Waals surface area contributed by atoms with Crippen LogP contribution in [0.2, 0.25) is 0 Å². The van der Waals surface area contributed by atoms with Crippen LogP contribution < -0.4 is 14.4 Å². The van der Waals surface area contributed by atoms with E-state index in [1.807, 2.05) is 57.2 Å². The number of nitrogens with zero attached hydrogens (tertiary/aromatic N) is 1. The standard InChI is InChI=1S/C30H32FNO5/c1-30(2,3)29(35)37-23-10-8-18-14-20(7-6-19(18)15-23)24-12-11-22(36-5)17-26(24)32(4)28(34)21-9-13-27(33)25(31)16-21/h8-13,15-17,20,33H,6-7,14H2,1-5H3. The number of fused-ring (bicyclic) bond motifs is 1. The number of phenols is 1. The van der Waals surface area contributed by atoms with E-state index in [0.717, 1.165) is 36.5 Å². The SMILES string of the molecule is COc1ccc(C2CCc3cc(OC(=O)C(C)(C)C)ccc3C2)c(N(C)C(=O)c2ccc(O)c(F)c2)c1. The number of carbonyl (C=O) groups excluding carboxylic acids is 2. The minimum atomic E-state index is -0.846. The lowest BCUT2D eigenvalue weighted by Gasteiger charge is -2.30. The molecule has 194 valence electrons. The van der Waals surface area contributed by atoms with Crippen molar-refractivity contribution < 1.29 is 28.6 Å². The van der Waals surface area contributed by atoms with Gasteiger partial charge in [-0.2, -0.15) is 0 Å². The third-order valence-electron chi connectivity index (χ3n) is 6.77. The molecule has 1 aliphatic rings. The van der Waals surface area contributed by atoms with Crippen molar-refractivity contribution in [2.45, 2.75) is 46.0 Å². The van der Waals surface area contributed by atoms with Crippen LogP contribution in [-0.2, 0) is 17.6 Å².